The fourth-order valence-electron chi connectivity index (χ4n) is 3.18. The maximum absolute atomic E-state index is 12.3. The van der Waals surface area contributed by atoms with Gasteiger partial charge in [-0.25, -0.2) is 0 Å². The minimum absolute atomic E-state index is 0.0784. The first kappa shape index (κ1) is 20.1. The SMILES string of the molecule is N#C/C(=C/NC1CCN(Cc2ccccc2)CC1)C(=O)Nc1ccc(Br)cc1. The monoisotopic (exact) mass is 438 g/mol. The van der Waals surface area contributed by atoms with Crippen LogP contribution in [0.15, 0.2) is 70.8 Å². The van der Waals surface area contributed by atoms with Gasteiger partial charge in [0.15, 0.2) is 0 Å². The first-order chi connectivity index (χ1) is 13.6. The highest BCUT2D eigenvalue weighted by atomic mass is 79.9. The van der Waals surface area contributed by atoms with Crippen LogP contribution in [0.25, 0.3) is 0 Å². The minimum atomic E-state index is -0.404. The van der Waals surface area contributed by atoms with Crippen LogP contribution in [0.1, 0.15) is 18.4 Å². The van der Waals surface area contributed by atoms with E-state index in [1.807, 2.05) is 24.3 Å². The molecule has 2 aromatic carbocycles. The van der Waals surface area contributed by atoms with Crippen molar-refractivity contribution in [2.45, 2.75) is 25.4 Å². The predicted octanol–water partition coefficient (Wildman–Crippen LogP) is 4.05. The summed E-state index contributed by atoms with van der Waals surface area (Å²) in [6, 6.07) is 20.0. The van der Waals surface area contributed by atoms with Crippen molar-refractivity contribution in [3.63, 3.8) is 0 Å². The Bertz CT molecular complexity index is 850. The summed E-state index contributed by atoms with van der Waals surface area (Å²) in [5.74, 6) is -0.404. The number of rotatable bonds is 6. The average Bonchev–Trinajstić information content (AvgIpc) is 2.72. The topological polar surface area (TPSA) is 68.2 Å². The third-order valence-corrected chi connectivity index (χ3v) is 5.30. The van der Waals surface area contributed by atoms with Gasteiger partial charge in [-0.3, -0.25) is 9.69 Å². The molecule has 0 unspecified atom stereocenters. The molecule has 144 valence electrons. The molecule has 3 rings (SSSR count). The Hall–Kier alpha value is -2.62. The van der Waals surface area contributed by atoms with Crippen LogP contribution >= 0.6 is 15.9 Å². The third kappa shape index (κ3) is 5.95. The number of nitrogens with zero attached hydrogens (tertiary/aromatic N) is 2. The van der Waals surface area contributed by atoms with Crippen LogP contribution in [-0.4, -0.2) is 29.9 Å². The van der Waals surface area contributed by atoms with Crippen LogP contribution in [0.5, 0.6) is 0 Å². The molecule has 0 aliphatic carbocycles. The zero-order valence-corrected chi connectivity index (χ0v) is 17.2. The molecule has 1 aliphatic heterocycles. The Balaban J connectivity index is 1.48. The van der Waals surface area contributed by atoms with Crippen LogP contribution in [0.4, 0.5) is 5.69 Å². The Morgan fingerprint density at radius 1 is 1.14 bits per heavy atom. The van der Waals surface area contributed by atoms with Crippen molar-refractivity contribution < 1.29 is 4.79 Å². The van der Waals surface area contributed by atoms with Gasteiger partial charge in [0.1, 0.15) is 11.6 Å². The smallest absolute Gasteiger partial charge is 0.267 e. The molecule has 28 heavy (non-hydrogen) atoms. The van der Waals surface area contributed by atoms with Crippen molar-refractivity contribution in [2.75, 3.05) is 18.4 Å². The minimum Gasteiger partial charge on any atom is -0.387 e. The van der Waals surface area contributed by atoms with Gasteiger partial charge < -0.3 is 10.6 Å². The van der Waals surface area contributed by atoms with Gasteiger partial charge in [-0.1, -0.05) is 46.3 Å². The molecule has 0 radical (unpaired) electrons. The molecule has 0 saturated carbocycles. The van der Waals surface area contributed by atoms with Gasteiger partial charge in [-0.2, -0.15) is 5.26 Å². The number of piperidine rings is 1. The lowest BCUT2D eigenvalue weighted by Gasteiger charge is -2.32. The molecule has 2 aromatic rings. The van der Waals surface area contributed by atoms with Crippen molar-refractivity contribution in [3.8, 4) is 6.07 Å². The fourth-order valence-corrected chi connectivity index (χ4v) is 3.45. The number of likely N-dealkylation sites (tertiary alicyclic amines) is 1. The van der Waals surface area contributed by atoms with Crippen molar-refractivity contribution in [1.82, 2.24) is 10.2 Å². The molecule has 1 saturated heterocycles. The Labute approximate surface area is 174 Å². The van der Waals surface area contributed by atoms with E-state index >= 15 is 0 Å². The van der Waals surface area contributed by atoms with Gasteiger partial charge >= 0.3 is 0 Å². The number of halogens is 1. The molecule has 1 amide bonds. The van der Waals surface area contributed by atoms with Gasteiger partial charge in [0.05, 0.1) is 0 Å². The lowest BCUT2D eigenvalue weighted by atomic mass is 10.0. The first-order valence-electron chi connectivity index (χ1n) is 9.33. The zero-order valence-electron chi connectivity index (χ0n) is 15.6. The second-order valence-corrected chi connectivity index (χ2v) is 7.75. The summed E-state index contributed by atoms with van der Waals surface area (Å²) in [5.41, 5.74) is 2.06. The summed E-state index contributed by atoms with van der Waals surface area (Å²) >= 11 is 3.36. The quantitative estimate of drug-likeness (QED) is 0.527. The van der Waals surface area contributed by atoms with E-state index in [1.54, 1.807) is 18.3 Å². The van der Waals surface area contributed by atoms with Crippen LogP contribution in [0.2, 0.25) is 0 Å². The van der Waals surface area contributed by atoms with Crippen molar-refractivity contribution >= 4 is 27.5 Å². The largest absolute Gasteiger partial charge is 0.387 e. The number of benzene rings is 2. The van der Waals surface area contributed by atoms with E-state index in [0.29, 0.717) is 5.69 Å². The summed E-state index contributed by atoms with van der Waals surface area (Å²) in [6.07, 6.45) is 3.51. The van der Waals surface area contributed by atoms with Crippen LogP contribution < -0.4 is 10.6 Å². The van der Waals surface area contributed by atoms with Crippen LogP contribution in [0.3, 0.4) is 0 Å². The fraction of sp³-hybridized carbons (Fsp3) is 0.273. The molecule has 1 heterocycles. The molecule has 0 spiro atoms. The Morgan fingerprint density at radius 2 is 1.82 bits per heavy atom. The summed E-state index contributed by atoms with van der Waals surface area (Å²) in [5, 5.41) is 15.3. The normalized spacial score (nSPS) is 15.6. The summed E-state index contributed by atoms with van der Waals surface area (Å²) in [7, 11) is 0. The van der Waals surface area contributed by atoms with Crippen molar-refractivity contribution in [1.29, 1.82) is 5.26 Å². The van der Waals surface area contributed by atoms with E-state index in [-0.39, 0.29) is 11.6 Å². The standard InChI is InChI=1S/C22H23BrN4O/c23-19-6-8-21(9-7-19)26-22(28)18(14-24)15-25-20-10-12-27(13-11-20)16-17-4-2-1-3-5-17/h1-9,15,20,25H,10-13,16H2,(H,26,28)/b18-15-. The molecule has 2 N–H and O–H groups in total. The van der Waals surface area contributed by atoms with Crippen molar-refractivity contribution in [3.05, 3.63) is 76.4 Å². The number of carbonyl (C=O) groups excluding carboxylic acids is 1. The Morgan fingerprint density at radius 3 is 2.46 bits per heavy atom. The van der Waals surface area contributed by atoms with E-state index in [0.717, 1.165) is 36.9 Å². The highest BCUT2D eigenvalue weighted by molar-refractivity contribution is 9.10. The number of carbonyl (C=O) groups is 1. The molecule has 1 fully saturated rings. The molecule has 1 aliphatic rings. The second kappa shape index (κ2) is 10.1. The van der Waals surface area contributed by atoms with Crippen LogP contribution in [-0.2, 0) is 11.3 Å². The number of anilines is 1. The maximum atomic E-state index is 12.3. The summed E-state index contributed by atoms with van der Waals surface area (Å²) < 4.78 is 0.932. The van der Waals surface area contributed by atoms with E-state index < -0.39 is 5.91 Å². The highest BCUT2D eigenvalue weighted by Gasteiger charge is 2.19. The van der Waals surface area contributed by atoms with E-state index in [9.17, 15) is 10.1 Å². The number of nitriles is 1. The number of hydrogen-bond donors (Lipinski definition) is 2. The summed E-state index contributed by atoms with van der Waals surface area (Å²) in [4.78, 5) is 14.7. The first-order valence-corrected chi connectivity index (χ1v) is 10.1. The lowest BCUT2D eigenvalue weighted by molar-refractivity contribution is -0.112. The van der Waals surface area contributed by atoms with Gasteiger partial charge in [-0.05, 0) is 42.7 Å². The van der Waals surface area contributed by atoms with Gasteiger partial charge in [0, 0.05) is 42.0 Å². The number of amides is 1. The zero-order chi connectivity index (χ0) is 19.8. The molecule has 0 atom stereocenters. The maximum Gasteiger partial charge on any atom is 0.267 e. The van der Waals surface area contributed by atoms with Gasteiger partial charge in [0.25, 0.3) is 5.91 Å². The predicted molar refractivity (Wildman–Crippen MR) is 114 cm³/mol. The Kier molecular flexibility index (Phi) is 7.24. The second-order valence-electron chi connectivity index (χ2n) is 6.83. The van der Waals surface area contributed by atoms with Gasteiger partial charge in [0.2, 0.25) is 0 Å². The molecular formula is C22H23BrN4O. The molecule has 0 bridgehead atoms. The molecule has 5 nitrogen and oxygen atoms in total. The number of nitrogens with one attached hydrogen (secondary N) is 2. The molecular weight excluding hydrogens is 416 g/mol. The van der Waals surface area contributed by atoms with Crippen molar-refractivity contribution in [2.24, 2.45) is 0 Å². The van der Waals surface area contributed by atoms with E-state index in [1.165, 1.54) is 5.56 Å². The summed E-state index contributed by atoms with van der Waals surface area (Å²) in [6.45, 7) is 2.95. The van der Waals surface area contributed by atoms with E-state index in [2.05, 4.69) is 55.7 Å². The molecule has 6 heteroatoms. The van der Waals surface area contributed by atoms with Crippen LogP contribution in [0, 0.1) is 11.3 Å². The average molecular weight is 439 g/mol. The van der Waals surface area contributed by atoms with E-state index in [4.69, 9.17) is 0 Å². The van der Waals surface area contributed by atoms with Gasteiger partial charge in [-0.15, -0.1) is 0 Å². The third-order valence-electron chi connectivity index (χ3n) is 4.77. The number of hydrogen-bond acceptors (Lipinski definition) is 4. The molecule has 0 aromatic heterocycles. The highest BCUT2D eigenvalue weighted by Crippen LogP contribution is 2.16. The lowest BCUT2D eigenvalue weighted by Crippen LogP contribution is -2.40.